The molecule has 0 amide bonds. The van der Waals surface area contributed by atoms with Gasteiger partial charge in [-0.15, -0.1) is 0 Å². The normalized spacial score (nSPS) is 6.00. The second-order valence-corrected chi connectivity index (χ2v) is 1.16. The van der Waals surface area contributed by atoms with Gasteiger partial charge in [0, 0.05) is 0 Å². The summed E-state index contributed by atoms with van der Waals surface area (Å²) in [7, 11) is 0. The first-order valence-corrected chi connectivity index (χ1v) is 2.24. The van der Waals surface area contributed by atoms with Crippen LogP contribution >= 0.6 is 0 Å². The Morgan fingerprint density at radius 3 is 1.43 bits per heavy atom. The highest BCUT2D eigenvalue weighted by Gasteiger charge is 1.52. The zero-order chi connectivity index (χ0) is 6.28. The molecule has 0 aliphatic carbocycles. The van der Waals surface area contributed by atoms with Crippen molar-refractivity contribution in [3.63, 3.8) is 0 Å². The molecule has 0 aliphatic heterocycles. The number of hydrogen-bond donors (Lipinski definition) is 3. The largest absolute Gasteiger partial charge is 0.370 e. The molecular weight excluding hydrogens is 90.1 g/mol. The van der Waals surface area contributed by atoms with Crippen molar-refractivity contribution in [3.05, 3.63) is 0 Å². The summed E-state index contributed by atoms with van der Waals surface area (Å²) in [5.74, 6) is -0.333. The molecule has 44 valence electrons. The maximum absolute atomic E-state index is 6.06. The highest BCUT2D eigenvalue weighted by molar-refractivity contribution is 5.71. The third kappa shape index (κ3) is 106. The second-order valence-electron chi connectivity index (χ2n) is 1.16. The molecule has 0 aliphatic rings. The van der Waals surface area contributed by atoms with E-state index >= 15 is 0 Å². The Balaban J connectivity index is 0. The standard InChI is InChI=1S/C3H8.CH5N3/c1-3-2;2-1(3)4/h3H2,1-2H3;(H5,2,3,4). The Labute approximate surface area is 44.2 Å². The first-order chi connectivity index (χ1) is 3.15. The van der Waals surface area contributed by atoms with E-state index in [9.17, 15) is 0 Å². The lowest BCUT2D eigenvalue weighted by Gasteiger charge is -1.69. The van der Waals surface area contributed by atoms with Gasteiger partial charge in [-0.3, -0.25) is 5.41 Å². The van der Waals surface area contributed by atoms with E-state index in [2.05, 4.69) is 25.3 Å². The fourth-order valence-electron chi connectivity index (χ4n) is 0. The third-order valence-corrected chi connectivity index (χ3v) is 0. The summed E-state index contributed by atoms with van der Waals surface area (Å²) >= 11 is 0. The maximum Gasteiger partial charge on any atom is 0.183 e. The van der Waals surface area contributed by atoms with Crippen molar-refractivity contribution in [1.29, 1.82) is 5.41 Å². The number of hydrogen-bond acceptors (Lipinski definition) is 1. The minimum atomic E-state index is -0.333. The van der Waals surface area contributed by atoms with Crippen LogP contribution in [0.25, 0.3) is 0 Å². The Morgan fingerprint density at radius 1 is 1.43 bits per heavy atom. The van der Waals surface area contributed by atoms with Crippen LogP contribution in [0.4, 0.5) is 0 Å². The zero-order valence-corrected chi connectivity index (χ0v) is 4.86. The first-order valence-electron chi connectivity index (χ1n) is 2.24. The zero-order valence-electron chi connectivity index (χ0n) is 4.86. The van der Waals surface area contributed by atoms with Crippen molar-refractivity contribution >= 4 is 5.96 Å². The van der Waals surface area contributed by atoms with Crippen LogP contribution in [0.1, 0.15) is 20.3 Å². The highest BCUT2D eigenvalue weighted by Crippen LogP contribution is 1.56. The molecule has 0 fully saturated rings. The molecule has 0 spiro atoms. The van der Waals surface area contributed by atoms with E-state index in [1.165, 1.54) is 6.42 Å². The van der Waals surface area contributed by atoms with Gasteiger partial charge < -0.3 is 11.5 Å². The molecule has 0 saturated heterocycles. The van der Waals surface area contributed by atoms with Gasteiger partial charge in [0.25, 0.3) is 0 Å². The van der Waals surface area contributed by atoms with Crippen molar-refractivity contribution in [2.75, 3.05) is 0 Å². The monoisotopic (exact) mass is 103 g/mol. The second kappa shape index (κ2) is 8.99. The van der Waals surface area contributed by atoms with Gasteiger partial charge in [-0.25, -0.2) is 0 Å². The Bertz CT molecular complexity index is 38.2. The smallest absolute Gasteiger partial charge is 0.183 e. The van der Waals surface area contributed by atoms with Gasteiger partial charge in [0.05, 0.1) is 0 Å². The van der Waals surface area contributed by atoms with Crippen LogP contribution in [0, 0.1) is 5.41 Å². The van der Waals surface area contributed by atoms with Crippen LogP contribution in [0.5, 0.6) is 0 Å². The Hall–Kier alpha value is -0.730. The number of nitrogens with one attached hydrogen (secondary N) is 1. The van der Waals surface area contributed by atoms with Crippen molar-refractivity contribution in [2.45, 2.75) is 20.3 Å². The average molecular weight is 103 g/mol. The molecule has 0 aromatic rings. The highest BCUT2D eigenvalue weighted by atomic mass is 14.9. The molecule has 3 nitrogen and oxygen atoms in total. The molecule has 0 aromatic heterocycles. The van der Waals surface area contributed by atoms with Crippen LogP contribution in [-0.4, -0.2) is 5.96 Å². The first kappa shape index (κ1) is 9.55. The summed E-state index contributed by atoms with van der Waals surface area (Å²) in [5, 5.41) is 6.06. The molecule has 0 heterocycles. The summed E-state index contributed by atoms with van der Waals surface area (Å²) < 4.78 is 0. The molecule has 0 rings (SSSR count). The minimum Gasteiger partial charge on any atom is -0.370 e. The molecule has 0 bridgehead atoms. The van der Waals surface area contributed by atoms with Gasteiger partial charge in [0.1, 0.15) is 0 Å². The van der Waals surface area contributed by atoms with Crippen LogP contribution in [0.2, 0.25) is 0 Å². The van der Waals surface area contributed by atoms with Gasteiger partial charge in [0.2, 0.25) is 0 Å². The summed E-state index contributed by atoms with van der Waals surface area (Å²) in [6.45, 7) is 4.25. The van der Waals surface area contributed by atoms with Crippen LogP contribution in [0.3, 0.4) is 0 Å². The predicted molar refractivity (Wildman–Crippen MR) is 32.1 cm³/mol. The quantitative estimate of drug-likeness (QED) is 0.304. The molecule has 7 heavy (non-hydrogen) atoms. The molecule has 3 heteroatoms. The van der Waals surface area contributed by atoms with Crippen molar-refractivity contribution in [2.24, 2.45) is 11.5 Å². The van der Waals surface area contributed by atoms with E-state index in [0.29, 0.717) is 0 Å². The van der Waals surface area contributed by atoms with Gasteiger partial charge in [0.15, 0.2) is 5.96 Å². The van der Waals surface area contributed by atoms with E-state index in [1.807, 2.05) is 0 Å². The number of guanidine groups is 1. The Kier molecular flexibility index (Phi) is 12.3. The van der Waals surface area contributed by atoms with E-state index in [-0.39, 0.29) is 5.96 Å². The molecule has 5 N–H and O–H groups in total. The minimum absolute atomic E-state index is 0.333. The van der Waals surface area contributed by atoms with E-state index < -0.39 is 0 Å². The fourth-order valence-corrected chi connectivity index (χ4v) is 0. The Morgan fingerprint density at radius 2 is 1.43 bits per heavy atom. The summed E-state index contributed by atoms with van der Waals surface area (Å²) in [6, 6.07) is 0. The lowest BCUT2D eigenvalue weighted by molar-refractivity contribution is 1.09. The molecule has 0 unspecified atom stereocenters. The summed E-state index contributed by atoms with van der Waals surface area (Å²) in [5.41, 5.74) is 8.94. The van der Waals surface area contributed by atoms with Gasteiger partial charge >= 0.3 is 0 Å². The van der Waals surface area contributed by atoms with Crippen molar-refractivity contribution in [1.82, 2.24) is 0 Å². The average Bonchev–Trinajstić information content (AvgIpc) is 1.33. The summed E-state index contributed by atoms with van der Waals surface area (Å²) in [4.78, 5) is 0. The van der Waals surface area contributed by atoms with E-state index in [0.717, 1.165) is 0 Å². The van der Waals surface area contributed by atoms with Crippen LogP contribution in [0.15, 0.2) is 0 Å². The lowest BCUT2D eigenvalue weighted by atomic mass is 10.6. The number of nitrogens with two attached hydrogens (primary N) is 2. The summed E-state index contributed by atoms with van der Waals surface area (Å²) in [6.07, 6.45) is 1.25. The van der Waals surface area contributed by atoms with Crippen molar-refractivity contribution in [3.8, 4) is 0 Å². The number of rotatable bonds is 0. The maximum atomic E-state index is 6.06. The van der Waals surface area contributed by atoms with Gasteiger partial charge in [-0.05, 0) is 0 Å². The van der Waals surface area contributed by atoms with Crippen LogP contribution in [-0.2, 0) is 0 Å². The predicted octanol–water partition coefficient (Wildman–Crippen LogP) is 0.255. The topological polar surface area (TPSA) is 75.9 Å². The molecule has 0 atom stereocenters. The van der Waals surface area contributed by atoms with Crippen LogP contribution < -0.4 is 11.5 Å². The molecule has 0 saturated carbocycles. The van der Waals surface area contributed by atoms with Gasteiger partial charge in [-0.2, -0.15) is 0 Å². The molecule has 0 aromatic carbocycles. The van der Waals surface area contributed by atoms with E-state index in [1.54, 1.807) is 0 Å². The van der Waals surface area contributed by atoms with E-state index in [4.69, 9.17) is 5.41 Å². The van der Waals surface area contributed by atoms with Gasteiger partial charge in [-0.1, -0.05) is 20.3 Å². The van der Waals surface area contributed by atoms with Crippen molar-refractivity contribution < 1.29 is 0 Å². The molecule has 0 radical (unpaired) electrons. The molecular formula is C4H13N3. The SMILES string of the molecule is CCC.N=C(N)N. The fraction of sp³-hybridized carbons (Fsp3) is 0.750. The lowest BCUT2D eigenvalue weighted by Crippen LogP contribution is -2.20. The third-order valence-electron chi connectivity index (χ3n) is 0.